The third-order valence-corrected chi connectivity index (χ3v) is 9.69. The lowest BCUT2D eigenvalue weighted by Gasteiger charge is -2.44. The SMILES string of the molecule is CC(C)(C=C(C#N)C(=O)N1CCCC(n2c(=O)n(-c3ccc(Oc4ccccc4)cc3)c3c(N)nccc32)C1)N1[C@@H]2CC[C@H]1COC2. The number of amides is 1. The van der Waals surface area contributed by atoms with Crippen LogP contribution < -0.4 is 16.2 Å². The second kappa shape index (κ2) is 12.4. The summed E-state index contributed by atoms with van der Waals surface area (Å²) in [5, 5.41) is 10.2. The number of hydrogen-bond donors (Lipinski definition) is 1. The Morgan fingerprint density at radius 3 is 2.43 bits per heavy atom. The van der Waals surface area contributed by atoms with Crippen molar-refractivity contribution in [1.29, 1.82) is 5.26 Å². The van der Waals surface area contributed by atoms with Crippen molar-refractivity contribution >= 4 is 22.8 Å². The molecule has 0 radical (unpaired) electrons. The number of ether oxygens (including phenoxy) is 2. The van der Waals surface area contributed by atoms with Crippen molar-refractivity contribution in [2.45, 2.75) is 63.2 Å². The number of imidazole rings is 1. The van der Waals surface area contributed by atoms with Gasteiger partial charge < -0.3 is 20.1 Å². The molecule has 7 rings (SSSR count). The molecule has 1 unspecified atom stereocenters. The first kappa shape index (κ1) is 30.7. The highest BCUT2D eigenvalue weighted by Crippen LogP contribution is 2.37. The maximum absolute atomic E-state index is 14.2. The number of aromatic nitrogens is 3. The summed E-state index contributed by atoms with van der Waals surface area (Å²) >= 11 is 0. The van der Waals surface area contributed by atoms with Crippen LogP contribution in [0.5, 0.6) is 11.5 Å². The number of para-hydroxylation sites is 1. The fraction of sp³-hybridized carbons (Fsp3) is 0.389. The summed E-state index contributed by atoms with van der Waals surface area (Å²) in [6, 6.07) is 21.0. The van der Waals surface area contributed by atoms with E-state index in [1.54, 1.807) is 26.3 Å². The van der Waals surface area contributed by atoms with E-state index in [4.69, 9.17) is 15.2 Å². The first-order valence-electron chi connectivity index (χ1n) is 16.2. The predicted octanol–water partition coefficient (Wildman–Crippen LogP) is 4.82. The fourth-order valence-corrected chi connectivity index (χ4v) is 7.73. The van der Waals surface area contributed by atoms with Crippen molar-refractivity contribution < 1.29 is 14.3 Å². The van der Waals surface area contributed by atoms with Crippen molar-refractivity contribution in [1.82, 2.24) is 23.9 Å². The molecule has 1 amide bonds. The summed E-state index contributed by atoms with van der Waals surface area (Å²) in [5.74, 6) is 1.28. The molecule has 2 aromatic heterocycles. The number of carbonyl (C=O) groups excluding carboxylic acids is 1. The highest BCUT2D eigenvalue weighted by molar-refractivity contribution is 5.97. The van der Waals surface area contributed by atoms with Crippen LogP contribution in [-0.2, 0) is 9.53 Å². The quantitative estimate of drug-likeness (QED) is 0.227. The molecule has 11 heteroatoms. The molecule has 3 saturated heterocycles. The molecule has 242 valence electrons. The van der Waals surface area contributed by atoms with Gasteiger partial charge in [0.2, 0.25) is 0 Å². The van der Waals surface area contributed by atoms with Crippen LogP contribution in [0.1, 0.15) is 45.6 Å². The average Bonchev–Trinajstić information content (AvgIpc) is 3.54. The number of nitrogen functional groups attached to an aromatic ring is 1. The summed E-state index contributed by atoms with van der Waals surface area (Å²) in [6.07, 6.45) is 6.92. The van der Waals surface area contributed by atoms with E-state index in [-0.39, 0.29) is 41.1 Å². The zero-order chi connectivity index (χ0) is 32.7. The number of nitrogens with two attached hydrogens (primary N) is 1. The number of nitrogens with zero attached hydrogens (tertiary/aromatic N) is 6. The molecule has 11 nitrogen and oxygen atoms in total. The molecule has 2 N–H and O–H groups in total. The van der Waals surface area contributed by atoms with Crippen LogP contribution in [0.3, 0.4) is 0 Å². The Morgan fingerprint density at radius 1 is 1.02 bits per heavy atom. The molecule has 0 saturated carbocycles. The summed E-state index contributed by atoms with van der Waals surface area (Å²) in [6.45, 7) is 6.29. The molecule has 2 bridgehead atoms. The van der Waals surface area contributed by atoms with Gasteiger partial charge in [-0.05, 0) is 88.1 Å². The molecule has 47 heavy (non-hydrogen) atoms. The van der Waals surface area contributed by atoms with Gasteiger partial charge >= 0.3 is 5.69 Å². The van der Waals surface area contributed by atoms with E-state index in [1.165, 1.54) is 0 Å². The van der Waals surface area contributed by atoms with Gasteiger partial charge in [0.1, 0.15) is 34.5 Å². The van der Waals surface area contributed by atoms with Gasteiger partial charge in [0.05, 0.1) is 30.5 Å². The topological polar surface area (TPSA) is 132 Å². The monoisotopic (exact) mass is 633 g/mol. The molecule has 3 aliphatic heterocycles. The number of piperidine rings is 1. The van der Waals surface area contributed by atoms with Crippen LogP contribution in [0, 0.1) is 11.3 Å². The lowest BCUT2D eigenvalue weighted by molar-refractivity contribution is -0.128. The van der Waals surface area contributed by atoms with Gasteiger partial charge in [-0.2, -0.15) is 5.26 Å². The zero-order valence-electron chi connectivity index (χ0n) is 26.7. The number of likely N-dealkylation sites (tertiary alicyclic amines) is 1. The first-order chi connectivity index (χ1) is 22.7. The van der Waals surface area contributed by atoms with E-state index in [0.717, 1.165) is 12.8 Å². The van der Waals surface area contributed by atoms with E-state index in [1.807, 2.05) is 60.7 Å². The van der Waals surface area contributed by atoms with Crippen LogP contribution in [0.15, 0.2) is 83.3 Å². The lowest BCUT2D eigenvalue weighted by atomic mass is 9.95. The largest absolute Gasteiger partial charge is 0.457 e. The molecular weight excluding hydrogens is 594 g/mol. The molecule has 5 heterocycles. The Morgan fingerprint density at radius 2 is 1.72 bits per heavy atom. The number of pyridine rings is 1. The number of rotatable bonds is 7. The molecule has 2 aromatic carbocycles. The minimum Gasteiger partial charge on any atom is -0.457 e. The van der Waals surface area contributed by atoms with E-state index >= 15 is 0 Å². The summed E-state index contributed by atoms with van der Waals surface area (Å²) in [5.41, 5.74) is 7.54. The van der Waals surface area contributed by atoms with E-state index in [2.05, 4.69) is 29.8 Å². The summed E-state index contributed by atoms with van der Waals surface area (Å²) in [4.78, 5) is 36.5. The van der Waals surface area contributed by atoms with Crippen LogP contribution in [0.4, 0.5) is 5.82 Å². The van der Waals surface area contributed by atoms with Crippen molar-refractivity contribution in [3.8, 4) is 23.3 Å². The van der Waals surface area contributed by atoms with Crippen molar-refractivity contribution in [3.05, 3.63) is 89.0 Å². The van der Waals surface area contributed by atoms with Crippen LogP contribution in [0.2, 0.25) is 0 Å². The van der Waals surface area contributed by atoms with Gasteiger partial charge in [-0.15, -0.1) is 0 Å². The summed E-state index contributed by atoms with van der Waals surface area (Å²) in [7, 11) is 0. The minimum atomic E-state index is -0.484. The van der Waals surface area contributed by atoms with Gasteiger partial charge in [0, 0.05) is 36.9 Å². The van der Waals surface area contributed by atoms with Crippen LogP contribution in [-0.4, -0.2) is 73.8 Å². The second-order valence-electron chi connectivity index (χ2n) is 13.2. The van der Waals surface area contributed by atoms with Gasteiger partial charge in [-0.1, -0.05) is 18.2 Å². The number of benzene rings is 2. The first-order valence-corrected chi connectivity index (χ1v) is 16.2. The van der Waals surface area contributed by atoms with Crippen molar-refractivity contribution in [2.75, 3.05) is 32.0 Å². The molecule has 4 aromatic rings. The number of morpholine rings is 1. The van der Waals surface area contributed by atoms with Gasteiger partial charge in [0.25, 0.3) is 5.91 Å². The molecule has 0 spiro atoms. The second-order valence-corrected chi connectivity index (χ2v) is 13.2. The number of fused-ring (bicyclic) bond motifs is 3. The van der Waals surface area contributed by atoms with E-state index in [0.29, 0.717) is 67.4 Å². The third-order valence-electron chi connectivity index (χ3n) is 9.69. The maximum Gasteiger partial charge on any atom is 0.334 e. The van der Waals surface area contributed by atoms with Gasteiger partial charge in [-0.25, -0.2) is 9.78 Å². The Balaban J connectivity index is 1.17. The Bertz CT molecular complexity index is 1910. The van der Waals surface area contributed by atoms with Gasteiger partial charge in [-0.3, -0.25) is 18.8 Å². The molecule has 3 fully saturated rings. The molecule has 0 aliphatic carbocycles. The lowest BCUT2D eigenvalue weighted by Crippen LogP contribution is -2.55. The highest BCUT2D eigenvalue weighted by Gasteiger charge is 2.44. The smallest absolute Gasteiger partial charge is 0.334 e. The Hall–Kier alpha value is -4.92. The third kappa shape index (κ3) is 5.68. The van der Waals surface area contributed by atoms with Crippen molar-refractivity contribution in [2.24, 2.45) is 0 Å². The van der Waals surface area contributed by atoms with Crippen LogP contribution >= 0.6 is 0 Å². The fourth-order valence-electron chi connectivity index (χ4n) is 7.73. The molecule has 3 aliphatic rings. The average molecular weight is 634 g/mol. The number of carbonyl (C=O) groups is 1. The number of nitriles is 1. The summed E-state index contributed by atoms with van der Waals surface area (Å²) < 4.78 is 15.0. The Labute approximate surface area is 273 Å². The number of hydrogen-bond acceptors (Lipinski definition) is 8. The Kier molecular flexibility index (Phi) is 8.08. The minimum absolute atomic E-state index is 0.127. The maximum atomic E-state index is 14.2. The number of anilines is 1. The molecule has 3 atom stereocenters. The zero-order valence-corrected chi connectivity index (χ0v) is 26.7. The normalized spacial score (nSPS) is 21.9. The predicted molar refractivity (Wildman–Crippen MR) is 178 cm³/mol. The van der Waals surface area contributed by atoms with Crippen LogP contribution in [0.25, 0.3) is 16.7 Å². The van der Waals surface area contributed by atoms with Gasteiger partial charge in [0.15, 0.2) is 0 Å². The van der Waals surface area contributed by atoms with Crippen molar-refractivity contribution in [3.63, 3.8) is 0 Å². The van der Waals surface area contributed by atoms with E-state index in [9.17, 15) is 14.9 Å². The highest BCUT2D eigenvalue weighted by atomic mass is 16.5. The standard InChI is InChI=1S/C36H39N7O4/c1-36(2,43-27-10-11-28(43)23-46-22-27)19-24(20-37)34(44)40-18-6-7-26(21-40)41-31-16-17-39-33(38)32(31)42(35(41)45)25-12-14-30(15-13-25)47-29-8-4-3-5-9-29/h3-5,8-9,12-17,19,26-28H,6-7,10-11,18,21-23H2,1-2H3,(H2,38,39)/t26?,27-,28+. The molecular formula is C36H39N7O4. The van der Waals surface area contributed by atoms with E-state index < -0.39 is 5.54 Å².